The third kappa shape index (κ3) is 2.15. The van der Waals surface area contributed by atoms with E-state index in [1.807, 2.05) is 32.3 Å². The first-order valence-corrected chi connectivity index (χ1v) is 3.91. The summed E-state index contributed by atoms with van der Waals surface area (Å²) < 4.78 is 0. The molecule has 0 aliphatic heterocycles. The number of nitrogens with zero attached hydrogens (tertiary/aromatic N) is 2. The van der Waals surface area contributed by atoms with Crippen LogP contribution in [-0.4, -0.2) is 17.2 Å². The van der Waals surface area contributed by atoms with Crippen LogP contribution in [0.1, 0.15) is 0 Å². The van der Waals surface area contributed by atoms with Gasteiger partial charge in [-0.25, -0.2) is 0 Å². The van der Waals surface area contributed by atoms with Crippen molar-refractivity contribution in [1.82, 2.24) is 9.97 Å². The largest absolute Gasteiger partial charge is 0.254 e. The number of para-hydroxylation sites is 1. The summed E-state index contributed by atoms with van der Waals surface area (Å²) in [6.45, 7) is 2.00. The standard InChI is InChI=1S/C9H8BN2.Y/c1-10-7-3-2-4-8-9(7)12-6-5-11-8;/h2-6H,1H3;. The average molecular weight is 244 g/mol. The van der Waals surface area contributed by atoms with E-state index >= 15 is 0 Å². The Kier molecular flexibility index (Phi) is 4.01. The normalized spacial score (nSPS) is 9.31. The number of rotatable bonds is 1. The number of hydrogen-bond acceptors (Lipinski definition) is 2. The number of hydrogen-bond donors (Lipinski definition) is 0. The van der Waals surface area contributed by atoms with Crippen molar-refractivity contribution in [2.45, 2.75) is 6.82 Å². The van der Waals surface area contributed by atoms with E-state index in [0.717, 1.165) is 16.5 Å². The van der Waals surface area contributed by atoms with Crippen molar-refractivity contribution in [2.75, 3.05) is 0 Å². The summed E-state index contributed by atoms with van der Waals surface area (Å²) >= 11 is 0. The predicted octanol–water partition coefficient (Wildman–Crippen LogP) is 1.00. The second-order valence-corrected chi connectivity index (χ2v) is 2.56. The summed E-state index contributed by atoms with van der Waals surface area (Å²) in [6, 6.07) is 6.00. The van der Waals surface area contributed by atoms with Crippen LogP contribution < -0.4 is 5.46 Å². The van der Waals surface area contributed by atoms with Crippen LogP contribution in [-0.2, 0) is 32.7 Å². The molecule has 0 bridgehead atoms. The Morgan fingerprint density at radius 2 is 1.92 bits per heavy atom. The molecule has 1 aromatic heterocycles. The minimum absolute atomic E-state index is 0. The van der Waals surface area contributed by atoms with Crippen LogP contribution >= 0.6 is 0 Å². The maximum Gasteiger partial charge on any atom is 0.151 e. The summed E-state index contributed by atoms with van der Waals surface area (Å²) in [5.41, 5.74) is 3.07. The van der Waals surface area contributed by atoms with Crippen LogP contribution in [0.15, 0.2) is 30.6 Å². The van der Waals surface area contributed by atoms with Gasteiger partial charge in [0.15, 0.2) is 7.28 Å². The fourth-order valence-corrected chi connectivity index (χ4v) is 1.25. The van der Waals surface area contributed by atoms with E-state index in [2.05, 4.69) is 9.97 Å². The molecule has 0 amide bonds. The van der Waals surface area contributed by atoms with Gasteiger partial charge in [-0.05, 0) is 6.07 Å². The first-order chi connectivity index (χ1) is 5.92. The van der Waals surface area contributed by atoms with E-state index < -0.39 is 0 Å². The first kappa shape index (κ1) is 10.8. The fourth-order valence-electron chi connectivity index (χ4n) is 1.25. The smallest absolute Gasteiger partial charge is 0.151 e. The van der Waals surface area contributed by atoms with Gasteiger partial charge in [0, 0.05) is 45.1 Å². The minimum atomic E-state index is 0. The molecule has 0 N–H and O–H groups in total. The second kappa shape index (κ2) is 4.82. The van der Waals surface area contributed by atoms with Crippen molar-refractivity contribution in [2.24, 2.45) is 0 Å². The molecule has 2 nitrogen and oxygen atoms in total. The number of aromatic nitrogens is 2. The van der Waals surface area contributed by atoms with Gasteiger partial charge in [0.25, 0.3) is 0 Å². The zero-order valence-corrected chi connectivity index (χ0v) is 10.3. The molecule has 0 saturated carbocycles. The summed E-state index contributed by atoms with van der Waals surface area (Å²) in [6.07, 6.45) is 3.43. The monoisotopic (exact) mass is 244 g/mol. The van der Waals surface area contributed by atoms with Crippen LogP contribution in [0.3, 0.4) is 0 Å². The van der Waals surface area contributed by atoms with E-state index in [0.29, 0.717) is 0 Å². The van der Waals surface area contributed by atoms with Crippen LogP contribution in [0.5, 0.6) is 0 Å². The van der Waals surface area contributed by atoms with Gasteiger partial charge in [-0.2, -0.15) is 0 Å². The third-order valence-electron chi connectivity index (χ3n) is 1.84. The Morgan fingerprint density at radius 3 is 2.69 bits per heavy atom. The van der Waals surface area contributed by atoms with Gasteiger partial charge < -0.3 is 0 Å². The molecule has 0 saturated heterocycles. The van der Waals surface area contributed by atoms with Crippen LogP contribution in [0.2, 0.25) is 6.82 Å². The van der Waals surface area contributed by atoms with Gasteiger partial charge in [0.05, 0.1) is 11.0 Å². The second-order valence-electron chi connectivity index (χ2n) is 2.56. The van der Waals surface area contributed by atoms with Gasteiger partial charge in [-0.15, -0.1) is 0 Å². The van der Waals surface area contributed by atoms with E-state index in [1.54, 1.807) is 12.4 Å². The van der Waals surface area contributed by atoms with E-state index in [9.17, 15) is 0 Å². The molecule has 13 heavy (non-hydrogen) atoms. The Morgan fingerprint density at radius 1 is 1.15 bits per heavy atom. The van der Waals surface area contributed by atoms with Crippen molar-refractivity contribution < 1.29 is 32.7 Å². The summed E-state index contributed by atoms with van der Waals surface area (Å²) in [7, 11) is 2.04. The molecule has 2 rings (SSSR count). The number of fused-ring (bicyclic) bond motifs is 1. The van der Waals surface area contributed by atoms with E-state index in [-0.39, 0.29) is 32.7 Å². The van der Waals surface area contributed by atoms with Crippen molar-refractivity contribution in [3.8, 4) is 0 Å². The Balaban J connectivity index is 0.000000845. The Hall–Kier alpha value is -0.271. The molecule has 1 aromatic carbocycles. The van der Waals surface area contributed by atoms with Gasteiger partial charge in [0.1, 0.15) is 0 Å². The predicted molar refractivity (Wildman–Crippen MR) is 50.8 cm³/mol. The van der Waals surface area contributed by atoms with Gasteiger partial charge >= 0.3 is 0 Å². The fraction of sp³-hybridized carbons (Fsp3) is 0.111. The van der Waals surface area contributed by atoms with Crippen LogP contribution in [0.25, 0.3) is 11.0 Å². The van der Waals surface area contributed by atoms with Crippen molar-refractivity contribution in [1.29, 1.82) is 0 Å². The molecule has 0 fully saturated rings. The minimum Gasteiger partial charge on any atom is -0.254 e. The van der Waals surface area contributed by atoms with Gasteiger partial charge in [-0.1, -0.05) is 24.4 Å². The number of benzene rings is 1. The molecular formula is C9H8BN2Y. The van der Waals surface area contributed by atoms with Crippen LogP contribution in [0.4, 0.5) is 0 Å². The zero-order valence-electron chi connectivity index (χ0n) is 7.44. The average Bonchev–Trinajstić information content (AvgIpc) is 2.17. The molecule has 0 unspecified atom stereocenters. The Bertz CT molecular complexity index is 400. The summed E-state index contributed by atoms with van der Waals surface area (Å²) in [5, 5.41) is 0. The molecular weight excluding hydrogens is 236 g/mol. The third-order valence-corrected chi connectivity index (χ3v) is 1.84. The first-order valence-electron chi connectivity index (χ1n) is 3.91. The zero-order chi connectivity index (χ0) is 8.39. The van der Waals surface area contributed by atoms with Gasteiger partial charge in [-0.3, -0.25) is 9.97 Å². The van der Waals surface area contributed by atoms with Crippen molar-refractivity contribution in [3.05, 3.63) is 30.6 Å². The Labute approximate surface area is 103 Å². The van der Waals surface area contributed by atoms with Crippen molar-refractivity contribution >= 4 is 23.8 Å². The molecule has 0 aliphatic rings. The SMILES string of the molecule is C[B]c1cccc2nccnc12.[Y]. The molecule has 0 spiro atoms. The topological polar surface area (TPSA) is 25.8 Å². The molecule has 1 heterocycles. The quantitative estimate of drug-likeness (QED) is 0.699. The maximum absolute atomic E-state index is 4.26. The van der Waals surface area contributed by atoms with Crippen LogP contribution in [0, 0.1) is 0 Å². The summed E-state index contributed by atoms with van der Waals surface area (Å²) in [4.78, 5) is 8.47. The molecule has 0 atom stereocenters. The molecule has 0 aliphatic carbocycles. The van der Waals surface area contributed by atoms with E-state index in [4.69, 9.17) is 0 Å². The van der Waals surface area contributed by atoms with Crippen molar-refractivity contribution in [3.63, 3.8) is 0 Å². The molecule has 60 valence electrons. The van der Waals surface area contributed by atoms with E-state index in [1.165, 1.54) is 0 Å². The summed E-state index contributed by atoms with van der Waals surface area (Å²) in [5.74, 6) is 0. The van der Waals surface area contributed by atoms with Gasteiger partial charge in [0.2, 0.25) is 0 Å². The molecule has 2 radical (unpaired) electrons. The maximum atomic E-state index is 4.26. The molecule has 2 aromatic rings. The molecule has 4 heteroatoms.